The van der Waals surface area contributed by atoms with Crippen molar-refractivity contribution in [2.75, 3.05) is 34.3 Å². The minimum Gasteiger partial charge on any atom is -0.490 e. The number of rotatable bonds is 6. The Labute approximate surface area is 169 Å². The van der Waals surface area contributed by atoms with Crippen molar-refractivity contribution in [2.45, 2.75) is 19.8 Å². The van der Waals surface area contributed by atoms with E-state index in [1.54, 1.807) is 36.1 Å². The number of amides is 2. The van der Waals surface area contributed by atoms with Crippen LogP contribution in [-0.4, -0.2) is 39.6 Å². The molecule has 0 aromatic heterocycles. The van der Waals surface area contributed by atoms with Crippen molar-refractivity contribution in [3.05, 3.63) is 48.0 Å². The summed E-state index contributed by atoms with van der Waals surface area (Å²) in [6.45, 7) is 2.61. The number of benzene rings is 2. The minimum absolute atomic E-state index is 0.0150. The molecule has 3 rings (SSSR count). The van der Waals surface area contributed by atoms with Crippen molar-refractivity contribution in [3.8, 4) is 5.75 Å². The summed E-state index contributed by atoms with van der Waals surface area (Å²) in [7, 11) is -3.43. The molecule has 1 aliphatic heterocycles. The summed E-state index contributed by atoms with van der Waals surface area (Å²) in [6, 6.07) is 12.2. The van der Waals surface area contributed by atoms with Crippen LogP contribution in [0.2, 0.25) is 0 Å². The number of fused-ring (bicyclic) bond motifs is 1. The topological polar surface area (TPSA) is 105 Å². The molecule has 2 aromatic carbocycles. The normalized spacial score (nSPS) is 13.2. The highest BCUT2D eigenvalue weighted by atomic mass is 32.2. The Balaban J connectivity index is 1.59. The Morgan fingerprint density at radius 3 is 2.66 bits per heavy atom. The van der Waals surface area contributed by atoms with Gasteiger partial charge in [0.1, 0.15) is 12.4 Å². The number of para-hydroxylation sites is 2. The fourth-order valence-electron chi connectivity index (χ4n) is 3.02. The first-order valence-corrected chi connectivity index (χ1v) is 11.0. The molecular formula is C20H23N3O5S. The molecule has 0 unspecified atom stereocenters. The second kappa shape index (κ2) is 8.52. The van der Waals surface area contributed by atoms with Crippen LogP contribution < -0.4 is 19.7 Å². The average Bonchev–Trinajstić information content (AvgIpc) is 2.67. The number of nitrogens with zero attached hydrogens (tertiary/aromatic N) is 1. The highest BCUT2D eigenvalue weighted by Gasteiger charge is 2.23. The molecule has 0 spiro atoms. The summed E-state index contributed by atoms with van der Waals surface area (Å²) in [5, 5.41) is 2.70. The van der Waals surface area contributed by atoms with E-state index in [1.165, 1.54) is 0 Å². The van der Waals surface area contributed by atoms with Gasteiger partial charge < -0.3 is 15.0 Å². The highest BCUT2D eigenvalue weighted by molar-refractivity contribution is 7.92. The molecule has 0 saturated heterocycles. The van der Waals surface area contributed by atoms with E-state index in [4.69, 9.17) is 4.74 Å². The van der Waals surface area contributed by atoms with Crippen molar-refractivity contribution in [1.82, 2.24) is 0 Å². The van der Waals surface area contributed by atoms with Crippen molar-refractivity contribution in [2.24, 2.45) is 0 Å². The third-order valence-corrected chi connectivity index (χ3v) is 5.00. The Morgan fingerprint density at radius 2 is 1.90 bits per heavy atom. The van der Waals surface area contributed by atoms with Gasteiger partial charge in [-0.05, 0) is 36.8 Å². The first-order chi connectivity index (χ1) is 13.7. The van der Waals surface area contributed by atoms with Gasteiger partial charge in [-0.3, -0.25) is 14.3 Å². The SMILES string of the molecule is Cc1ccc(NC(=O)CCC(=O)N2CCOc3ccccc32)cc1NS(C)(=O)=O. The quantitative estimate of drug-likeness (QED) is 0.751. The van der Waals surface area contributed by atoms with Crippen LogP contribution in [0.25, 0.3) is 0 Å². The third kappa shape index (κ3) is 5.47. The minimum atomic E-state index is -3.43. The zero-order chi connectivity index (χ0) is 21.0. The number of hydrogen-bond acceptors (Lipinski definition) is 5. The molecule has 29 heavy (non-hydrogen) atoms. The van der Waals surface area contributed by atoms with E-state index in [0.29, 0.717) is 36.0 Å². The standard InChI is InChI=1S/C20H23N3O5S/c1-14-7-8-15(13-16(14)22-29(2,26)27)21-19(24)9-10-20(25)23-11-12-28-18-6-4-3-5-17(18)23/h3-8,13,22H,9-12H2,1-2H3,(H,21,24). The smallest absolute Gasteiger partial charge is 0.229 e. The summed E-state index contributed by atoms with van der Waals surface area (Å²) in [4.78, 5) is 26.5. The zero-order valence-electron chi connectivity index (χ0n) is 16.3. The predicted octanol–water partition coefficient (Wildman–Crippen LogP) is 2.51. The summed E-state index contributed by atoms with van der Waals surface area (Å²) >= 11 is 0. The molecule has 1 aliphatic rings. The summed E-state index contributed by atoms with van der Waals surface area (Å²) < 4.78 is 30.9. The molecule has 0 fully saturated rings. The van der Waals surface area contributed by atoms with E-state index >= 15 is 0 Å². The second-order valence-corrected chi connectivity index (χ2v) is 8.56. The number of ether oxygens (including phenoxy) is 1. The second-order valence-electron chi connectivity index (χ2n) is 6.81. The van der Waals surface area contributed by atoms with Gasteiger partial charge in [-0.1, -0.05) is 18.2 Å². The van der Waals surface area contributed by atoms with E-state index < -0.39 is 10.0 Å². The Bertz CT molecular complexity index is 1040. The molecule has 1 heterocycles. The number of hydrogen-bond donors (Lipinski definition) is 2. The van der Waals surface area contributed by atoms with E-state index in [-0.39, 0.29) is 24.7 Å². The van der Waals surface area contributed by atoms with E-state index in [2.05, 4.69) is 10.0 Å². The Morgan fingerprint density at radius 1 is 1.14 bits per heavy atom. The zero-order valence-corrected chi connectivity index (χ0v) is 17.1. The molecule has 0 atom stereocenters. The van der Waals surface area contributed by atoms with E-state index in [0.717, 1.165) is 11.8 Å². The van der Waals surface area contributed by atoms with Crippen molar-refractivity contribution >= 4 is 38.9 Å². The molecular weight excluding hydrogens is 394 g/mol. The van der Waals surface area contributed by atoms with Crippen LogP contribution in [0, 0.1) is 6.92 Å². The summed E-state index contributed by atoms with van der Waals surface area (Å²) in [5.41, 5.74) is 2.29. The Kier molecular flexibility index (Phi) is 6.07. The molecule has 2 N–H and O–H groups in total. The van der Waals surface area contributed by atoms with Gasteiger partial charge in [0.25, 0.3) is 0 Å². The van der Waals surface area contributed by atoms with Crippen molar-refractivity contribution in [3.63, 3.8) is 0 Å². The predicted molar refractivity (Wildman–Crippen MR) is 112 cm³/mol. The van der Waals surface area contributed by atoms with Crippen LogP contribution in [-0.2, 0) is 19.6 Å². The number of carbonyl (C=O) groups excluding carboxylic acids is 2. The summed E-state index contributed by atoms with van der Waals surface area (Å²) in [6.07, 6.45) is 1.13. The van der Waals surface area contributed by atoms with Crippen molar-refractivity contribution < 1.29 is 22.7 Å². The van der Waals surface area contributed by atoms with Gasteiger partial charge in [0.15, 0.2) is 0 Å². The lowest BCUT2D eigenvalue weighted by Crippen LogP contribution is -2.38. The van der Waals surface area contributed by atoms with Crippen LogP contribution in [0.15, 0.2) is 42.5 Å². The fourth-order valence-corrected chi connectivity index (χ4v) is 3.64. The number of carbonyl (C=O) groups is 2. The highest BCUT2D eigenvalue weighted by Crippen LogP contribution is 2.31. The average molecular weight is 417 g/mol. The van der Waals surface area contributed by atoms with Crippen LogP contribution in [0.5, 0.6) is 5.75 Å². The maximum atomic E-state index is 12.6. The van der Waals surface area contributed by atoms with Crippen LogP contribution >= 0.6 is 0 Å². The van der Waals surface area contributed by atoms with Crippen LogP contribution in [0.3, 0.4) is 0 Å². The number of anilines is 3. The molecule has 154 valence electrons. The van der Waals surface area contributed by atoms with Crippen molar-refractivity contribution in [1.29, 1.82) is 0 Å². The fraction of sp³-hybridized carbons (Fsp3) is 0.300. The monoisotopic (exact) mass is 417 g/mol. The number of aryl methyl sites for hydroxylation is 1. The number of nitrogens with one attached hydrogen (secondary N) is 2. The first kappa shape index (κ1) is 20.7. The maximum Gasteiger partial charge on any atom is 0.229 e. The molecule has 0 radical (unpaired) electrons. The van der Waals surface area contributed by atoms with Crippen LogP contribution in [0.1, 0.15) is 18.4 Å². The van der Waals surface area contributed by atoms with E-state index in [1.807, 2.05) is 18.2 Å². The molecule has 2 amide bonds. The lowest BCUT2D eigenvalue weighted by atomic mass is 10.1. The van der Waals surface area contributed by atoms with Gasteiger partial charge >= 0.3 is 0 Å². The van der Waals surface area contributed by atoms with Gasteiger partial charge in [-0.2, -0.15) is 0 Å². The first-order valence-electron chi connectivity index (χ1n) is 9.13. The molecule has 8 nitrogen and oxygen atoms in total. The molecule has 9 heteroatoms. The van der Waals surface area contributed by atoms with Crippen LogP contribution in [0.4, 0.5) is 17.1 Å². The Hall–Kier alpha value is -3.07. The van der Waals surface area contributed by atoms with Gasteiger partial charge in [0.05, 0.1) is 24.2 Å². The number of sulfonamides is 1. The third-order valence-electron chi connectivity index (χ3n) is 4.41. The summed E-state index contributed by atoms with van der Waals surface area (Å²) in [5.74, 6) is 0.176. The lowest BCUT2D eigenvalue weighted by Gasteiger charge is -2.29. The molecule has 0 aliphatic carbocycles. The maximum absolute atomic E-state index is 12.6. The van der Waals surface area contributed by atoms with Gasteiger partial charge in [-0.25, -0.2) is 8.42 Å². The van der Waals surface area contributed by atoms with E-state index in [9.17, 15) is 18.0 Å². The molecule has 0 bridgehead atoms. The van der Waals surface area contributed by atoms with Gasteiger partial charge in [-0.15, -0.1) is 0 Å². The molecule has 2 aromatic rings. The molecule has 0 saturated carbocycles. The van der Waals surface area contributed by atoms with Gasteiger partial charge in [0.2, 0.25) is 21.8 Å². The van der Waals surface area contributed by atoms with Gasteiger partial charge in [0, 0.05) is 18.5 Å². The lowest BCUT2D eigenvalue weighted by molar-refractivity contribution is -0.122. The largest absolute Gasteiger partial charge is 0.490 e.